The van der Waals surface area contributed by atoms with Crippen molar-refractivity contribution in [2.24, 2.45) is 5.10 Å². The number of methoxy groups -OCH3 is 1. The fraction of sp³-hybridized carbons (Fsp3) is 0.231. The van der Waals surface area contributed by atoms with E-state index in [-0.39, 0.29) is 5.91 Å². The molecule has 0 atom stereocenters. The van der Waals surface area contributed by atoms with Crippen LogP contribution in [-0.4, -0.2) is 50.3 Å². The first-order valence-electron chi connectivity index (χ1n) is 10.9. The van der Waals surface area contributed by atoms with E-state index in [4.69, 9.17) is 4.74 Å². The number of anilines is 1. The quantitative estimate of drug-likeness (QED) is 0.377. The summed E-state index contributed by atoms with van der Waals surface area (Å²) in [4.78, 5) is 17.2. The summed E-state index contributed by atoms with van der Waals surface area (Å²) in [5.41, 5.74) is 6.43. The highest BCUT2D eigenvalue weighted by Crippen LogP contribution is 2.28. The normalized spacial score (nSPS) is 14.4. The Morgan fingerprint density at radius 2 is 1.70 bits per heavy atom. The number of nitrogens with one attached hydrogen (secondary N) is 1. The molecular weight excluding hydrogens is 480 g/mol. The van der Waals surface area contributed by atoms with Crippen LogP contribution in [0.4, 0.5) is 5.69 Å². The molecule has 1 fully saturated rings. The lowest BCUT2D eigenvalue weighted by molar-refractivity contribution is 0.0955. The molecule has 4 rings (SSSR count). The first-order chi connectivity index (χ1) is 16.1. The molecule has 3 aromatic rings. The zero-order chi connectivity index (χ0) is 23.0. The Morgan fingerprint density at radius 1 is 1.00 bits per heavy atom. The van der Waals surface area contributed by atoms with Crippen molar-refractivity contribution < 1.29 is 9.53 Å². The van der Waals surface area contributed by atoms with Gasteiger partial charge in [-0.3, -0.25) is 9.69 Å². The van der Waals surface area contributed by atoms with Crippen molar-refractivity contribution in [3.8, 4) is 5.75 Å². The maximum Gasteiger partial charge on any atom is 0.271 e. The summed E-state index contributed by atoms with van der Waals surface area (Å²) in [5.74, 6) is 0.696. The Bertz CT molecular complexity index is 1090. The van der Waals surface area contributed by atoms with E-state index in [1.807, 2.05) is 66.7 Å². The largest absolute Gasteiger partial charge is 0.495 e. The third-order valence-electron chi connectivity index (χ3n) is 5.67. The lowest BCUT2D eigenvalue weighted by Gasteiger charge is -2.36. The van der Waals surface area contributed by atoms with Crippen molar-refractivity contribution in [3.63, 3.8) is 0 Å². The first kappa shape index (κ1) is 23.0. The van der Waals surface area contributed by atoms with Crippen LogP contribution >= 0.6 is 15.9 Å². The van der Waals surface area contributed by atoms with Gasteiger partial charge in [0.15, 0.2) is 0 Å². The van der Waals surface area contributed by atoms with Gasteiger partial charge in [-0.1, -0.05) is 52.3 Å². The molecule has 0 aliphatic carbocycles. The van der Waals surface area contributed by atoms with Crippen molar-refractivity contribution in [2.75, 3.05) is 38.2 Å². The van der Waals surface area contributed by atoms with Crippen molar-refractivity contribution in [1.29, 1.82) is 0 Å². The average molecular weight is 507 g/mol. The van der Waals surface area contributed by atoms with Crippen LogP contribution < -0.4 is 15.1 Å². The summed E-state index contributed by atoms with van der Waals surface area (Å²) >= 11 is 3.40. The highest BCUT2D eigenvalue weighted by molar-refractivity contribution is 9.10. The van der Waals surface area contributed by atoms with Crippen LogP contribution in [0, 0.1) is 0 Å². The Hall–Kier alpha value is -3.16. The molecule has 6 nitrogen and oxygen atoms in total. The van der Waals surface area contributed by atoms with Gasteiger partial charge in [0.1, 0.15) is 5.75 Å². The third kappa shape index (κ3) is 6.21. The van der Waals surface area contributed by atoms with E-state index in [0.717, 1.165) is 54.2 Å². The van der Waals surface area contributed by atoms with Gasteiger partial charge in [-0.25, -0.2) is 5.43 Å². The van der Waals surface area contributed by atoms with Gasteiger partial charge in [-0.15, -0.1) is 0 Å². The summed E-state index contributed by atoms with van der Waals surface area (Å²) in [5, 5.41) is 4.05. The smallest absolute Gasteiger partial charge is 0.271 e. The molecule has 1 aliphatic heterocycles. The maximum atomic E-state index is 12.4. The summed E-state index contributed by atoms with van der Waals surface area (Å²) in [6.07, 6.45) is 1.63. The number of halogens is 1. The van der Waals surface area contributed by atoms with Crippen LogP contribution in [0.25, 0.3) is 0 Å². The van der Waals surface area contributed by atoms with E-state index in [2.05, 4.69) is 42.3 Å². The third-order valence-corrected chi connectivity index (χ3v) is 6.20. The van der Waals surface area contributed by atoms with Crippen LogP contribution in [0.1, 0.15) is 21.5 Å². The second kappa shape index (κ2) is 11.1. The minimum Gasteiger partial charge on any atom is -0.495 e. The van der Waals surface area contributed by atoms with Crippen LogP contribution in [0.5, 0.6) is 5.75 Å². The minimum atomic E-state index is -0.222. The molecule has 0 spiro atoms. The standard InChI is InChI=1S/C26H27BrN4O2/c1-33-25-5-3-2-4-24(25)31-16-14-30(15-17-31)19-21-6-10-22(11-7-21)26(32)29-28-18-20-8-12-23(27)13-9-20/h2-13,18H,14-17,19H2,1H3,(H,29,32). The number of ether oxygens (including phenoxy) is 1. The molecule has 0 radical (unpaired) electrons. The zero-order valence-electron chi connectivity index (χ0n) is 18.6. The molecule has 0 saturated carbocycles. The van der Waals surface area contributed by atoms with Gasteiger partial charge >= 0.3 is 0 Å². The Balaban J connectivity index is 1.26. The number of carbonyl (C=O) groups is 1. The number of nitrogens with zero attached hydrogens (tertiary/aromatic N) is 3. The molecule has 1 saturated heterocycles. The number of hydrazone groups is 1. The molecule has 0 unspecified atom stereocenters. The molecule has 170 valence electrons. The number of rotatable bonds is 7. The Labute approximate surface area is 203 Å². The second-order valence-corrected chi connectivity index (χ2v) is 8.80. The molecule has 1 N–H and O–H groups in total. The van der Waals surface area contributed by atoms with Crippen LogP contribution in [0.15, 0.2) is 82.4 Å². The van der Waals surface area contributed by atoms with Gasteiger partial charge in [0.25, 0.3) is 5.91 Å². The SMILES string of the molecule is COc1ccccc1N1CCN(Cc2ccc(C(=O)NN=Cc3ccc(Br)cc3)cc2)CC1. The number of benzene rings is 3. The van der Waals surface area contributed by atoms with Crippen LogP contribution in [-0.2, 0) is 6.54 Å². The average Bonchev–Trinajstić information content (AvgIpc) is 2.86. The molecule has 33 heavy (non-hydrogen) atoms. The summed E-state index contributed by atoms with van der Waals surface area (Å²) in [7, 11) is 1.72. The van der Waals surface area contributed by atoms with E-state index >= 15 is 0 Å². The molecule has 1 amide bonds. The topological polar surface area (TPSA) is 57.2 Å². The van der Waals surface area contributed by atoms with E-state index in [9.17, 15) is 4.79 Å². The van der Waals surface area contributed by atoms with Gasteiger partial charge in [0, 0.05) is 42.8 Å². The first-order valence-corrected chi connectivity index (χ1v) is 11.7. The number of hydrogen-bond acceptors (Lipinski definition) is 5. The van der Waals surface area contributed by atoms with Gasteiger partial charge in [-0.05, 0) is 47.5 Å². The van der Waals surface area contributed by atoms with Gasteiger partial charge in [-0.2, -0.15) is 5.10 Å². The second-order valence-electron chi connectivity index (χ2n) is 7.88. The predicted molar refractivity (Wildman–Crippen MR) is 136 cm³/mol. The lowest BCUT2D eigenvalue weighted by atomic mass is 10.1. The van der Waals surface area contributed by atoms with Crippen LogP contribution in [0.2, 0.25) is 0 Å². The number of carbonyl (C=O) groups excluding carboxylic acids is 1. The van der Waals surface area contributed by atoms with Gasteiger partial charge in [0.2, 0.25) is 0 Å². The number of hydrogen-bond donors (Lipinski definition) is 1. The molecule has 3 aromatic carbocycles. The van der Waals surface area contributed by atoms with E-state index in [0.29, 0.717) is 5.56 Å². The van der Waals surface area contributed by atoms with Gasteiger partial charge < -0.3 is 9.64 Å². The molecule has 7 heteroatoms. The van der Waals surface area contributed by atoms with Crippen molar-refractivity contribution >= 4 is 33.7 Å². The summed E-state index contributed by atoms with van der Waals surface area (Å²) in [6.45, 7) is 4.73. The van der Waals surface area contributed by atoms with E-state index in [1.54, 1.807) is 13.3 Å². The minimum absolute atomic E-state index is 0.222. The maximum absolute atomic E-state index is 12.4. The Kier molecular flexibility index (Phi) is 7.75. The molecule has 1 heterocycles. The number of para-hydroxylation sites is 2. The van der Waals surface area contributed by atoms with E-state index < -0.39 is 0 Å². The number of piperazine rings is 1. The predicted octanol–water partition coefficient (Wildman–Crippen LogP) is 4.54. The fourth-order valence-electron chi connectivity index (χ4n) is 3.84. The van der Waals surface area contributed by atoms with Crippen molar-refractivity contribution in [1.82, 2.24) is 10.3 Å². The Morgan fingerprint density at radius 3 is 2.39 bits per heavy atom. The molecule has 0 bridgehead atoms. The zero-order valence-corrected chi connectivity index (χ0v) is 20.2. The highest BCUT2D eigenvalue weighted by Gasteiger charge is 2.19. The molecule has 1 aliphatic rings. The van der Waals surface area contributed by atoms with Crippen molar-refractivity contribution in [2.45, 2.75) is 6.54 Å². The fourth-order valence-corrected chi connectivity index (χ4v) is 4.10. The molecular formula is C26H27BrN4O2. The van der Waals surface area contributed by atoms with E-state index in [1.165, 1.54) is 5.56 Å². The van der Waals surface area contributed by atoms with Gasteiger partial charge in [0.05, 0.1) is 19.0 Å². The summed E-state index contributed by atoms with van der Waals surface area (Å²) < 4.78 is 6.51. The highest BCUT2D eigenvalue weighted by atomic mass is 79.9. The van der Waals surface area contributed by atoms with Crippen molar-refractivity contribution in [3.05, 3.63) is 94.0 Å². The lowest BCUT2D eigenvalue weighted by Crippen LogP contribution is -2.46. The molecule has 0 aromatic heterocycles. The van der Waals surface area contributed by atoms with Crippen LogP contribution in [0.3, 0.4) is 0 Å². The number of amides is 1. The monoisotopic (exact) mass is 506 g/mol. The summed E-state index contributed by atoms with van der Waals surface area (Å²) in [6, 6.07) is 23.6.